The standard InChI is InChI=1S/C16H16F2INO/c1-3-20-16(10-5-4-6-11(19)7-10)15-13(17)8-12(21-2)9-14(15)18/h4-9,16,20H,3H2,1-2H3. The van der Waals surface area contributed by atoms with Crippen molar-refractivity contribution in [3.8, 4) is 5.75 Å². The van der Waals surface area contributed by atoms with E-state index in [-0.39, 0.29) is 11.3 Å². The smallest absolute Gasteiger partial charge is 0.134 e. The Bertz CT molecular complexity index is 610. The summed E-state index contributed by atoms with van der Waals surface area (Å²) in [6.45, 7) is 2.50. The van der Waals surface area contributed by atoms with E-state index in [1.165, 1.54) is 19.2 Å². The van der Waals surface area contributed by atoms with E-state index in [2.05, 4.69) is 27.9 Å². The molecule has 0 aliphatic carbocycles. The summed E-state index contributed by atoms with van der Waals surface area (Å²) in [5, 5.41) is 3.14. The molecular formula is C16H16F2INO. The fourth-order valence-corrected chi connectivity index (χ4v) is 2.80. The van der Waals surface area contributed by atoms with Gasteiger partial charge in [0.15, 0.2) is 0 Å². The Morgan fingerprint density at radius 3 is 2.38 bits per heavy atom. The second kappa shape index (κ2) is 7.17. The summed E-state index contributed by atoms with van der Waals surface area (Å²) in [5.74, 6) is -1.06. The maximum atomic E-state index is 14.3. The summed E-state index contributed by atoms with van der Waals surface area (Å²) in [5.41, 5.74) is 0.839. The fourth-order valence-electron chi connectivity index (χ4n) is 2.23. The third-order valence-corrected chi connectivity index (χ3v) is 3.84. The van der Waals surface area contributed by atoms with E-state index in [4.69, 9.17) is 4.74 Å². The molecule has 0 saturated heterocycles. The molecule has 0 bridgehead atoms. The van der Waals surface area contributed by atoms with Crippen molar-refractivity contribution in [1.29, 1.82) is 0 Å². The van der Waals surface area contributed by atoms with E-state index in [1.807, 2.05) is 31.2 Å². The number of hydrogen-bond acceptors (Lipinski definition) is 2. The van der Waals surface area contributed by atoms with Gasteiger partial charge in [-0.15, -0.1) is 0 Å². The van der Waals surface area contributed by atoms with Crippen molar-refractivity contribution < 1.29 is 13.5 Å². The summed E-state index contributed by atoms with van der Waals surface area (Å²) in [6, 6.07) is 9.47. The number of benzene rings is 2. The lowest BCUT2D eigenvalue weighted by atomic mass is 9.97. The quantitative estimate of drug-likeness (QED) is 0.753. The monoisotopic (exact) mass is 403 g/mol. The van der Waals surface area contributed by atoms with Crippen LogP contribution < -0.4 is 10.1 Å². The van der Waals surface area contributed by atoms with Crippen LogP contribution in [-0.4, -0.2) is 13.7 Å². The molecule has 112 valence electrons. The summed E-state index contributed by atoms with van der Waals surface area (Å²) < 4.78 is 34.5. The minimum absolute atomic E-state index is 0.0136. The highest BCUT2D eigenvalue weighted by molar-refractivity contribution is 14.1. The molecule has 0 aliphatic rings. The molecular weight excluding hydrogens is 387 g/mol. The van der Waals surface area contributed by atoms with Crippen LogP contribution in [-0.2, 0) is 0 Å². The Kier molecular flexibility index (Phi) is 5.52. The van der Waals surface area contributed by atoms with Crippen LogP contribution in [0, 0.1) is 15.2 Å². The van der Waals surface area contributed by atoms with Crippen molar-refractivity contribution in [2.45, 2.75) is 13.0 Å². The molecule has 0 aliphatic heterocycles. The number of hydrogen-bond donors (Lipinski definition) is 1. The first kappa shape index (κ1) is 16.2. The average Bonchev–Trinajstić information content (AvgIpc) is 2.45. The average molecular weight is 403 g/mol. The minimum Gasteiger partial charge on any atom is -0.497 e. The molecule has 5 heteroatoms. The molecule has 0 saturated carbocycles. The topological polar surface area (TPSA) is 21.3 Å². The van der Waals surface area contributed by atoms with Gasteiger partial charge in [0.05, 0.1) is 13.2 Å². The molecule has 2 aromatic rings. The van der Waals surface area contributed by atoms with Crippen molar-refractivity contribution in [3.05, 3.63) is 62.7 Å². The molecule has 1 unspecified atom stereocenters. The van der Waals surface area contributed by atoms with Crippen LogP contribution in [0.25, 0.3) is 0 Å². The van der Waals surface area contributed by atoms with Gasteiger partial charge in [0.1, 0.15) is 17.4 Å². The second-order valence-corrected chi connectivity index (χ2v) is 5.80. The van der Waals surface area contributed by atoms with Crippen molar-refractivity contribution >= 4 is 22.6 Å². The molecule has 1 N–H and O–H groups in total. The first-order valence-corrected chi connectivity index (χ1v) is 7.66. The van der Waals surface area contributed by atoms with Crippen LogP contribution in [0.15, 0.2) is 36.4 Å². The minimum atomic E-state index is -0.614. The van der Waals surface area contributed by atoms with E-state index in [0.717, 1.165) is 9.13 Å². The zero-order valence-corrected chi connectivity index (χ0v) is 13.9. The summed E-state index contributed by atoms with van der Waals surface area (Å²) >= 11 is 2.18. The van der Waals surface area contributed by atoms with Gasteiger partial charge in [0.2, 0.25) is 0 Å². The SMILES string of the molecule is CCNC(c1cccc(I)c1)c1c(F)cc(OC)cc1F. The second-order valence-electron chi connectivity index (χ2n) is 4.55. The maximum absolute atomic E-state index is 14.3. The number of halogens is 3. The van der Waals surface area contributed by atoms with Crippen LogP contribution in [0.3, 0.4) is 0 Å². The molecule has 1 atom stereocenters. The Labute approximate surface area is 136 Å². The van der Waals surface area contributed by atoms with Crippen LogP contribution in [0.4, 0.5) is 8.78 Å². The summed E-state index contributed by atoms with van der Waals surface area (Å²) in [7, 11) is 1.38. The molecule has 0 spiro atoms. The van der Waals surface area contributed by atoms with Crippen molar-refractivity contribution in [2.75, 3.05) is 13.7 Å². The van der Waals surface area contributed by atoms with Gasteiger partial charge < -0.3 is 10.1 Å². The van der Waals surface area contributed by atoms with Crippen molar-refractivity contribution in [1.82, 2.24) is 5.32 Å². The Morgan fingerprint density at radius 1 is 1.19 bits per heavy atom. The molecule has 0 aromatic heterocycles. The zero-order chi connectivity index (χ0) is 15.4. The maximum Gasteiger partial charge on any atom is 0.134 e. The Hall–Kier alpha value is -1.21. The Morgan fingerprint density at radius 2 is 1.86 bits per heavy atom. The lowest BCUT2D eigenvalue weighted by Crippen LogP contribution is -2.24. The first-order chi connectivity index (χ1) is 10.1. The molecule has 2 nitrogen and oxygen atoms in total. The third kappa shape index (κ3) is 3.71. The van der Waals surface area contributed by atoms with Gasteiger partial charge in [-0.1, -0.05) is 19.1 Å². The highest BCUT2D eigenvalue weighted by atomic mass is 127. The molecule has 0 radical (unpaired) electrons. The van der Waals surface area contributed by atoms with Crippen molar-refractivity contribution in [2.24, 2.45) is 0 Å². The molecule has 21 heavy (non-hydrogen) atoms. The van der Waals surface area contributed by atoms with Gasteiger partial charge in [0, 0.05) is 21.3 Å². The van der Waals surface area contributed by atoms with Gasteiger partial charge in [-0.3, -0.25) is 0 Å². The van der Waals surface area contributed by atoms with Gasteiger partial charge in [-0.05, 0) is 46.8 Å². The molecule has 2 rings (SSSR count). The van der Waals surface area contributed by atoms with Crippen LogP contribution in [0.1, 0.15) is 24.1 Å². The lowest BCUT2D eigenvalue weighted by molar-refractivity contribution is 0.403. The van der Waals surface area contributed by atoms with E-state index in [0.29, 0.717) is 6.54 Å². The number of ether oxygens (including phenoxy) is 1. The summed E-state index contributed by atoms with van der Waals surface area (Å²) in [6.07, 6.45) is 0. The van der Waals surface area contributed by atoms with Gasteiger partial charge in [-0.2, -0.15) is 0 Å². The number of rotatable bonds is 5. The van der Waals surface area contributed by atoms with Gasteiger partial charge >= 0.3 is 0 Å². The zero-order valence-electron chi connectivity index (χ0n) is 11.8. The number of nitrogens with one attached hydrogen (secondary N) is 1. The first-order valence-electron chi connectivity index (χ1n) is 6.58. The predicted octanol–water partition coefficient (Wildman–Crippen LogP) is 4.28. The Balaban J connectivity index is 2.53. The van der Waals surface area contributed by atoms with Crippen LogP contribution >= 0.6 is 22.6 Å². The van der Waals surface area contributed by atoms with E-state index in [1.54, 1.807) is 0 Å². The van der Waals surface area contributed by atoms with E-state index >= 15 is 0 Å². The number of methoxy groups -OCH3 is 1. The fraction of sp³-hybridized carbons (Fsp3) is 0.250. The van der Waals surface area contributed by atoms with Gasteiger partial charge in [0.25, 0.3) is 0 Å². The highest BCUT2D eigenvalue weighted by Crippen LogP contribution is 2.30. The molecule has 0 amide bonds. The predicted molar refractivity (Wildman–Crippen MR) is 87.6 cm³/mol. The van der Waals surface area contributed by atoms with Crippen molar-refractivity contribution in [3.63, 3.8) is 0 Å². The van der Waals surface area contributed by atoms with Crippen LogP contribution in [0.2, 0.25) is 0 Å². The molecule has 2 aromatic carbocycles. The normalized spacial score (nSPS) is 12.2. The third-order valence-electron chi connectivity index (χ3n) is 3.17. The summed E-state index contributed by atoms with van der Waals surface area (Å²) in [4.78, 5) is 0. The van der Waals surface area contributed by atoms with E-state index in [9.17, 15) is 8.78 Å². The van der Waals surface area contributed by atoms with Gasteiger partial charge in [-0.25, -0.2) is 8.78 Å². The molecule has 0 heterocycles. The van der Waals surface area contributed by atoms with E-state index < -0.39 is 17.7 Å². The lowest BCUT2D eigenvalue weighted by Gasteiger charge is -2.21. The molecule has 0 fully saturated rings. The largest absolute Gasteiger partial charge is 0.497 e. The highest BCUT2D eigenvalue weighted by Gasteiger charge is 2.22. The van der Waals surface area contributed by atoms with Crippen LogP contribution in [0.5, 0.6) is 5.75 Å².